The molecule has 1 aliphatic rings. The quantitative estimate of drug-likeness (QED) is 0.888. The van der Waals surface area contributed by atoms with E-state index >= 15 is 0 Å². The van der Waals surface area contributed by atoms with E-state index in [0.29, 0.717) is 6.04 Å². The Hall–Kier alpha value is -1.09. The second-order valence-electron chi connectivity index (χ2n) is 5.37. The number of anilines is 1. The molecule has 0 amide bonds. The molecule has 0 aromatic carbocycles. The summed E-state index contributed by atoms with van der Waals surface area (Å²) >= 11 is 0. The normalized spacial score (nSPS) is 21.9. The van der Waals surface area contributed by atoms with Crippen molar-refractivity contribution in [1.29, 1.82) is 0 Å². The van der Waals surface area contributed by atoms with Crippen molar-refractivity contribution in [2.45, 2.75) is 58.0 Å². The lowest BCUT2D eigenvalue weighted by molar-refractivity contribution is 0.432. The van der Waals surface area contributed by atoms with E-state index in [-0.39, 0.29) is 6.04 Å². The van der Waals surface area contributed by atoms with Gasteiger partial charge in [-0.3, -0.25) is 0 Å². The summed E-state index contributed by atoms with van der Waals surface area (Å²) in [5, 5.41) is 0. The third-order valence-electron chi connectivity index (χ3n) is 3.84. The summed E-state index contributed by atoms with van der Waals surface area (Å²) in [6.45, 7) is 5.41. The second kappa shape index (κ2) is 6.19. The van der Waals surface area contributed by atoms with Crippen LogP contribution in [0.2, 0.25) is 0 Å². The molecular formula is C15H25N3. The van der Waals surface area contributed by atoms with Gasteiger partial charge in [-0.05, 0) is 44.2 Å². The minimum atomic E-state index is 0.0688. The van der Waals surface area contributed by atoms with E-state index in [4.69, 9.17) is 5.73 Å². The molecule has 2 heterocycles. The number of hydrogen-bond donors (Lipinski definition) is 1. The van der Waals surface area contributed by atoms with Crippen molar-refractivity contribution in [3.8, 4) is 0 Å². The van der Waals surface area contributed by atoms with Crippen molar-refractivity contribution in [1.82, 2.24) is 4.98 Å². The number of nitrogens with two attached hydrogens (primary N) is 1. The largest absolute Gasteiger partial charge is 0.354 e. The molecule has 3 heteroatoms. The number of rotatable bonds is 4. The molecule has 3 nitrogen and oxygen atoms in total. The average Bonchev–Trinajstić information content (AvgIpc) is 2.40. The van der Waals surface area contributed by atoms with E-state index < -0.39 is 0 Å². The fourth-order valence-electron chi connectivity index (χ4n) is 2.77. The summed E-state index contributed by atoms with van der Waals surface area (Å²) < 4.78 is 0. The van der Waals surface area contributed by atoms with Gasteiger partial charge in [0.05, 0.1) is 0 Å². The topological polar surface area (TPSA) is 42.1 Å². The molecule has 2 N–H and O–H groups in total. The lowest BCUT2D eigenvalue weighted by atomic mass is 9.98. The molecule has 18 heavy (non-hydrogen) atoms. The Balaban J connectivity index is 2.12. The van der Waals surface area contributed by atoms with E-state index in [9.17, 15) is 0 Å². The van der Waals surface area contributed by atoms with Crippen LogP contribution in [0.4, 0.5) is 5.82 Å². The van der Waals surface area contributed by atoms with Crippen molar-refractivity contribution in [3.05, 3.63) is 23.9 Å². The first-order chi connectivity index (χ1) is 8.72. The van der Waals surface area contributed by atoms with Crippen LogP contribution in [-0.2, 0) is 0 Å². The monoisotopic (exact) mass is 247 g/mol. The summed E-state index contributed by atoms with van der Waals surface area (Å²) in [6.07, 6.45) is 8.41. The zero-order valence-corrected chi connectivity index (χ0v) is 11.6. The van der Waals surface area contributed by atoms with Gasteiger partial charge in [0.2, 0.25) is 0 Å². The molecule has 0 radical (unpaired) electrons. The second-order valence-corrected chi connectivity index (χ2v) is 5.37. The Morgan fingerprint density at radius 1 is 1.44 bits per heavy atom. The maximum absolute atomic E-state index is 5.86. The van der Waals surface area contributed by atoms with Gasteiger partial charge in [0.25, 0.3) is 0 Å². The molecule has 1 aromatic rings. The first kappa shape index (κ1) is 13.3. The smallest absolute Gasteiger partial charge is 0.128 e. The molecule has 0 aliphatic carbocycles. The van der Waals surface area contributed by atoms with Crippen molar-refractivity contribution in [2.24, 2.45) is 5.73 Å². The van der Waals surface area contributed by atoms with E-state index in [1.54, 1.807) is 0 Å². The zero-order chi connectivity index (χ0) is 13.0. The van der Waals surface area contributed by atoms with Crippen LogP contribution in [0.25, 0.3) is 0 Å². The Labute approximate surface area is 110 Å². The molecule has 1 saturated heterocycles. The first-order valence-corrected chi connectivity index (χ1v) is 7.20. The van der Waals surface area contributed by atoms with Gasteiger partial charge in [0.15, 0.2) is 0 Å². The summed E-state index contributed by atoms with van der Waals surface area (Å²) in [5.74, 6) is 1.12. The van der Waals surface area contributed by atoms with Crippen molar-refractivity contribution in [3.63, 3.8) is 0 Å². The van der Waals surface area contributed by atoms with E-state index in [2.05, 4.69) is 28.9 Å². The molecule has 2 atom stereocenters. The maximum Gasteiger partial charge on any atom is 0.128 e. The molecule has 1 fully saturated rings. The van der Waals surface area contributed by atoms with Gasteiger partial charge >= 0.3 is 0 Å². The summed E-state index contributed by atoms with van der Waals surface area (Å²) in [4.78, 5) is 7.09. The summed E-state index contributed by atoms with van der Waals surface area (Å²) in [6, 6.07) is 4.99. The number of nitrogens with zero attached hydrogens (tertiary/aromatic N) is 2. The Kier molecular flexibility index (Phi) is 4.59. The molecule has 0 spiro atoms. The van der Waals surface area contributed by atoms with Crippen LogP contribution in [0.3, 0.4) is 0 Å². The van der Waals surface area contributed by atoms with Gasteiger partial charge in [-0.25, -0.2) is 4.98 Å². The Morgan fingerprint density at radius 3 is 2.89 bits per heavy atom. The Bertz CT molecular complexity index is 357. The van der Waals surface area contributed by atoms with Gasteiger partial charge in [-0.15, -0.1) is 0 Å². The third-order valence-corrected chi connectivity index (χ3v) is 3.84. The standard InChI is InChI=1S/C15H25N3/c1-3-6-14-7-4-5-10-18(14)15-9-8-13(11-17-15)12(2)16/h8-9,11-12,14H,3-7,10,16H2,1-2H3/t12-,14?/m0/s1. The molecular weight excluding hydrogens is 222 g/mol. The molecule has 0 bridgehead atoms. The van der Waals surface area contributed by atoms with E-state index in [1.807, 2.05) is 13.1 Å². The van der Waals surface area contributed by atoms with Gasteiger partial charge in [0, 0.05) is 24.8 Å². The lowest BCUT2D eigenvalue weighted by Crippen LogP contribution is -2.40. The molecule has 0 saturated carbocycles. The van der Waals surface area contributed by atoms with Gasteiger partial charge in [-0.1, -0.05) is 19.4 Å². The molecule has 1 unspecified atom stereocenters. The highest BCUT2D eigenvalue weighted by atomic mass is 15.2. The highest BCUT2D eigenvalue weighted by Gasteiger charge is 2.22. The van der Waals surface area contributed by atoms with Crippen molar-refractivity contribution in [2.75, 3.05) is 11.4 Å². The number of aromatic nitrogens is 1. The molecule has 1 aliphatic heterocycles. The van der Waals surface area contributed by atoms with E-state index in [1.165, 1.54) is 32.1 Å². The lowest BCUT2D eigenvalue weighted by Gasteiger charge is -2.36. The van der Waals surface area contributed by atoms with Gasteiger partial charge < -0.3 is 10.6 Å². The van der Waals surface area contributed by atoms with Crippen molar-refractivity contribution >= 4 is 5.82 Å². The van der Waals surface area contributed by atoms with E-state index in [0.717, 1.165) is 17.9 Å². The van der Waals surface area contributed by atoms with Crippen LogP contribution in [0.15, 0.2) is 18.3 Å². The molecule has 100 valence electrons. The molecule has 2 rings (SSSR count). The number of hydrogen-bond acceptors (Lipinski definition) is 3. The van der Waals surface area contributed by atoms with Crippen LogP contribution in [0, 0.1) is 0 Å². The number of pyridine rings is 1. The fourth-order valence-corrected chi connectivity index (χ4v) is 2.77. The SMILES string of the molecule is CCCC1CCCCN1c1ccc([C@H](C)N)cn1. The van der Waals surface area contributed by atoms with Crippen LogP contribution in [0.5, 0.6) is 0 Å². The highest BCUT2D eigenvalue weighted by Crippen LogP contribution is 2.26. The van der Waals surface area contributed by atoms with Crippen LogP contribution in [-0.4, -0.2) is 17.6 Å². The van der Waals surface area contributed by atoms with Crippen molar-refractivity contribution < 1.29 is 0 Å². The van der Waals surface area contributed by atoms with Crippen LogP contribution >= 0.6 is 0 Å². The van der Waals surface area contributed by atoms with Gasteiger partial charge in [0.1, 0.15) is 5.82 Å². The minimum absolute atomic E-state index is 0.0688. The van der Waals surface area contributed by atoms with Gasteiger partial charge in [-0.2, -0.15) is 0 Å². The molecule has 1 aromatic heterocycles. The maximum atomic E-state index is 5.86. The van der Waals surface area contributed by atoms with Crippen LogP contribution < -0.4 is 10.6 Å². The highest BCUT2D eigenvalue weighted by molar-refractivity contribution is 5.41. The fraction of sp³-hybridized carbons (Fsp3) is 0.667. The summed E-state index contributed by atoms with van der Waals surface area (Å²) in [7, 11) is 0. The predicted molar refractivity (Wildman–Crippen MR) is 76.7 cm³/mol. The first-order valence-electron chi connectivity index (χ1n) is 7.20. The summed E-state index contributed by atoms with van der Waals surface area (Å²) in [5.41, 5.74) is 6.98. The average molecular weight is 247 g/mol. The third kappa shape index (κ3) is 3.02. The minimum Gasteiger partial charge on any atom is -0.354 e. The zero-order valence-electron chi connectivity index (χ0n) is 11.6. The van der Waals surface area contributed by atoms with Crippen LogP contribution in [0.1, 0.15) is 57.6 Å². The number of piperidine rings is 1. The predicted octanol–water partition coefficient (Wildman–Crippen LogP) is 3.26. The Morgan fingerprint density at radius 2 is 2.28 bits per heavy atom.